The van der Waals surface area contributed by atoms with Crippen LogP contribution in [0.15, 0.2) is 59.6 Å². The van der Waals surface area contributed by atoms with Crippen molar-refractivity contribution in [2.45, 2.75) is 38.0 Å². The fourth-order valence-corrected chi connectivity index (χ4v) is 4.29. The molecule has 7 heteroatoms. The molecular weight excluding hydrogens is 374 g/mol. The van der Waals surface area contributed by atoms with Crippen molar-refractivity contribution in [3.8, 4) is 11.4 Å². The van der Waals surface area contributed by atoms with Crippen molar-refractivity contribution >= 4 is 15.7 Å². The van der Waals surface area contributed by atoms with Crippen LogP contribution in [0.1, 0.15) is 32.0 Å². The van der Waals surface area contributed by atoms with Gasteiger partial charge < -0.3 is 4.74 Å². The maximum Gasteiger partial charge on any atom is 0.265 e. The van der Waals surface area contributed by atoms with Crippen LogP contribution in [0.3, 0.4) is 0 Å². The van der Waals surface area contributed by atoms with Gasteiger partial charge in [0, 0.05) is 5.41 Å². The zero-order chi connectivity index (χ0) is 20.5. The lowest BCUT2D eigenvalue weighted by molar-refractivity contribution is 0.417. The topological polar surface area (TPSA) is 73.2 Å². The van der Waals surface area contributed by atoms with Gasteiger partial charge >= 0.3 is 0 Å². The van der Waals surface area contributed by atoms with E-state index in [2.05, 4.69) is 9.82 Å². The molecule has 0 aliphatic carbocycles. The van der Waals surface area contributed by atoms with Crippen molar-refractivity contribution in [2.75, 3.05) is 11.8 Å². The molecule has 6 nitrogen and oxygen atoms in total. The average molecular weight is 400 g/mol. The van der Waals surface area contributed by atoms with Crippen LogP contribution >= 0.6 is 0 Å². The minimum atomic E-state index is -3.88. The Morgan fingerprint density at radius 2 is 1.75 bits per heavy atom. The molecule has 0 radical (unpaired) electrons. The number of hydrogen-bond donors (Lipinski definition) is 1. The molecule has 3 rings (SSSR count). The quantitative estimate of drug-likeness (QED) is 0.695. The number of nitrogens with one attached hydrogen (secondary N) is 1. The van der Waals surface area contributed by atoms with Crippen molar-refractivity contribution in [3.63, 3.8) is 0 Å². The second-order valence-corrected chi connectivity index (χ2v) is 9.33. The summed E-state index contributed by atoms with van der Waals surface area (Å²) in [4.78, 5) is 0.146. The number of rotatable bonds is 5. The molecule has 148 valence electrons. The number of ether oxygens (including phenoxy) is 1. The van der Waals surface area contributed by atoms with Gasteiger partial charge in [-0.3, -0.25) is 4.72 Å². The predicted octanol–water partition coefficient (Wildman–Crippen LogP) is 4.29. The Morgan fingerprint density at radius 1 is 1.07 bits per heavy atom. The number of methoxy groups -OCH3 is 1. The van der Waals surface area contributed by atoms with E-state index in [4.69, 9.17) is 4.74 Å². The molecule has 0 amide bonds. The zero-order valence-electron chi connectivity index (χ0n) is 16.7. The number of sulfonamides is 1. The molecule has 0 fully saturated rings. The fourth-order valence-electron chi connectivity index (χ4n) is 2.89. The highest BCUT2D eigenvalue weighted by Crippen LogP contribution is 2.32. The highest BCUT2D eigenvalue weighted by atomic mass is 32.2. The van der Waals surface area contributed by atoms with Crippen LogP contribution in [0.2, 0.25) is 0 Å². The molecule has 0 unspecified atom stereocenters. The minimum absolute atomic E-state index is 0.146. The summed E-state index contributed by atoms with van der Waals surface area (Å²) in [5.41, 5.74) is 2.16. The highest BCUT2D eigenvalue weighted by molar-refractivity contribution is 7.92. The van der Waals surface area contributed by atoms with Gasteiger partial charge in [-0.05, 0) is 36.8 Å². The third-order valence-corrected chi connectivity index (χ3v) is 5.67. The summed E-state index contributed by atoms with van der Waals surface area (Å²) in [6.45, 7) is 7.72. The molecule has 0 atom stereocenters. The number of hydrogen-bond acceptors (Lipinski definition) is 4. The van der Waals surface area contributed by atoms with Gasteiger partial charge in [0.05, 0.1) is 30.4 Å². The first-order valence-electron chi connectivity index (χ1n) is 8.95. The van der Waals surface area contributed by atoms with Gasteiger partial charge in [-0.25, -0.2) is 13.1 Å². The lowest BCUT2D eigenvalue weighted by Gasteiger charge is -2.18. The molecule has 1 N–H and O–H groups in total. The molecule has 0 saturated carbocycles. The van der Waals surface area contributed by atoms with Gasteiger partial charge in [0.25, 0.3) is 10.0 Å². The van der Waals surface area contributed by atoms with Gasteiger partial charge in [-0.1, -0.05) is 45.0 Å². The van der Waals surface area contributed by atoms with E-state index in [0.717, 1.165) is 11.3 Å². The molecule has 28 heavy (non-hydrogen) atoms. The number of aromatic nitrogens is 2. The number of aryl methyl sites for hydroxylation is 1. The normalized spacial score (nSPS) is 12.0. The number of benzene rings is 2. The summed E-state index contributed by atoms with van der Waals surface area (Å²) in [7, 11) is -2.37. The van der Waals surface area contributed by atoms with Crippen molar-refractivity contribution in [3.05, 3.63) is 66.0 Å². The third-order valence-electron chi connectivity index (χ3n) is 4.30. The first-order chi connectivity index (χ1) is 13.1. The van der Waals surface area contributed by atoms with E-state index < -0.39 is 15.4 Å². The molecule has 0 aliphatic heterocycles. The van der Waals surface area contributed by atoms with E-state index in [1.54, 1.807) is 23.0 Å². The lowest BCUT2D eigenvalue weighted by Crippen LogP contribution is -2.20. The Hall–Kier alpha value is -2.80. The van der Waals surface area contributed by atoms with E-state index in [1.807, 2.05) is 64.1 Å². The maximum atomic E-state index is 13.3. The molecule has 0 bridgehead atoms. The molecule has 0 spiro atoms. The molecular formula is C21H25N3O3S. The maximum absolute atomic E-state index is 13.3. The van der Waals surface area contributed by atoms with Gasteiger partial charge in [-0.2, -0.15) is 5.10 Å². The summed E-state index contributed by atoms with van der Waals surface area (Å²) in [5, 5.41) is 4.59. The summed E-state index contributed by atoms with van der Waals surface area (Å²) in [6.07, 6.45) is 1.56. The molecule has 0 aliphatic rings. The zero-order valence-corrected chi connectivity index (χ0v) is 17.5. The van der Waals surface area contributed by atoms with E-state index in [-0.39, 0.29) is 4.90 Å². The average Bonchev–Trinajstić information content (AvgIpc) is 3.09. The van der Waals surface area contributed by atoms with Gasteiger partial charge in [0.15, 0.2) is 0 Å². The summed E-state index contributed by atoms with van der Waals surface area (Å²) >= 11 is 0. The van der Waals surface area contributed by atoms with Crippen LogP contribution in [-0.2, 0) is 15.4 Å². The Balaban J connectivity index is 2.11. The van der Waals surface area contributed by atoms with Crippen molar-refractivity contribution in [1.29, 1.82) is 0 Å². The van der Waals surface area contributed by atoms with E-state index in [9.17, 15) is 8.42 Å². The smallest absolute Gasteiger partial charge is 0.265 e. The molecule has 1 heterocycles. The largest absolute Gasteiger partial charge is 0.495 e. The second-order valence-electron chi connectivity index (χ2n) is 7.68. The van der Waals surface area contributed by atoms with Gasteiger partial charge in [0.1, 0.15) is 10.6 Å². The van der Waals surface area contributed by atoms with Gasteiger partial charge in [-0.15, -0.1) is 0 Å². The van der Waals surface area contributed by atoms with Crippen LogP contribution in [0.25, 0.3) is 5.69 Å². The van der Waals surface area contributed by atoms with Crippen LogP contribution < -0.4 is 9.46 Å². The fraction of sp³-hybridized carbons (Fsp3) is 0.286. The standard InChI is InChI=1S/C21H25N3O3S/c1-15-11-12-18(27-5)17(13-15)23-28(25,26)19-14-24(16-9-7-6-8-10-16)22-20(19)21(2,3)4/h6-14,23H,1-5H3. The van der Waals surface area contributed by atoms with Crippen LogP contribution in [0.4, 0.5) is 5.69 Å². The van der Waals surface area contributed by atoms with Crippen molar-refractivity contribution < 1.29 is 13.2 Å². The van der Waals surface area contributed by atoms with Crippen molar-refractivity contribution in [1.82, 2.24) is 9.78 Å². The molecule has 3 aromatic rings. The monoisotopic (exact) mass is 399 g/mol. The predicted molar refractivity (Wildman–Crippen MR) is 111 cm³/mol. The minimum Gasteiger partial charge on any atom is -0.495 e. The Kier molecular flexibility index (Phi) is 5.21. The van der Waals surface area contributed by atoms with Gasteiger partial charge in [0.2, 0.25) is 0 Å². The molecule has 1 aromatic heterocycles. The Bertz CT molecular complexity index is 1080. The summed E-state index contributed by atoms with van der Waals surface area (Å²) < 4.78 is 36.1. The number of para-hydroxylation sites is 1. The van der Waals surface area contributed by atoms with E-state index in [0.29, 0.717) is 17.1 Å². The lowest BCUT2D eigenvalue weighted by atomic mass is 9.92. The second kappa shape index (κ2) is 7.31. The first kappa shape index (κ1) is 19.9. The Morgan fingerprint density at radius 3 is 2.36 bits per heavy atom. The summed E-state index contributed by atoms with van der Waals surface area (Å²) in [6, 6.07) is 14.8. The highest BCUT2D eigenvalue weighted by Gasteiger charge is 2.31. The molecule has 0 saturated heterocycles. The number of anilines is 1. The van der Waals surface area contributed by atoms with Crippen LogP contribution in [0.5, 0.6) is 5.75 Å². The van der Waals surface area contributed by atoms with Crippen LogP contribution in [0, 0.1) is 6.92 Å². The Labute approximate surface area is 166 Å². The summed E-state index contributed by atoms with van der Waals surface area (Å²) in [5.74, 6) is 0.460. The first-order valence-corrected chi connectivity index (χ1v) is 10.4. The van der Waals surface area contributed by atoms with E-state index >= 15 is 0 Å². The number of nitrogens with zero attached hydrogens (tertiary/aromatic N) is 2. The third kappa shape index (κ3) is 4.04. The van der Waals surface area contributed by atoms with E-state index in [1.165, 1.54) is 7.11 Å². The van der Waals surface area contributed by atoms with Crippen LogP contribution in [-0.4, -0.2) is 25.3 Å². The molecule has 2 aromatic carbocycles. The SMILES string of the molecule is COc1ccc(C)cc1NS(=O)(=O)c1cn(-c2ccccc2)nc1C(C)(C)C. The van der Waals surface area contributed by atoms with Crippen molar-refractivity contribution in [2.24, 2.45) is 0 Å².